The second-order valence-corrected chi connectivity index (χ2v) is 11.4. The fraction of sp³-hybridized carbons (Fsp3) is 0.114. The van der Waals surface area contributed by atoms with Crippen LogP contribution in [0.1, 0.15) is 46.7 Å². The SMILES string of the molecule is CC1=C(CC(=O)Oc2cc(O)cc(/C=C/c3ccc(C)cc3)c2)c2cc(F)ccc2/C1=C\c1ccc([S+](C)[O-])cc1. The Kier molecular flexibility index (Phi) is 8.24. The number of benzene rings is 4. The Labute approximate surface area is 242 Å². The molecule has 0 heterocycles. The van der Waals surface area contributed by atoms with Crippen molar-refractivity contribution in [3.05, 3.63) is 130 Å². The number of hydrogen-bond donors (Lipinski definition) is 1. The molecule has 0 saturated heterocycles. The van der Waals surface area contributed by atoms with Gasteiger partial charge < -0.3 is 14.4 Å². The van der Waals surface area contributed by atoms with Gasteiger partial charge in [0.2, 0.25) is 0 Å². The van der Waals surface area contributed by atoms with Crippen LogP contribution in [0.15, 0.2) is 95.4 Å². The van der Waals surface area contributed by atoms with Gasteiger partial charge in [0.1, 0.15) is 23.6 Å². The van der Waals surface area contributed by atoms with Gasteiger partial charge in [-0.15, -0.1) is 0 Å². The van der Waals surface area contributed by atoms with E-state index in [9.17, 15) is 18.8 Å². The molecular weight excluding hydrogens is 535 g/mol. The molecule has 1 N–H and O–H groups in total. The molecule has 0 saturated carbocycles. The summed E-state index contributed by atoms with van der Waals surface area (Å²) in [6, 6.07) is 24.7. The number of carbonyl (C=O) groups is 1. The molecule has 0 bridgehead atoms. The first kappa shape index (κ1) is 28.1. The number of aromatic hydroxyl groups is 1. The Balaban J connectivity index is 1.38. The van der Waals surface area contributed by atoms with Crippen LogP contribution in [0.4, 0.5) is 4.39 Å². The van der Waals surface area contributed by atoms with Crippen LogP contribution >= 0.6 is 0 Å². The van der Waals surface area contributed by atoms with Crippen molar-refractivity contribution < 1.29 is 23.6 Å². The number of esters is 1. The summed E-state index contributed by atoms with van der Waals surface area (Å²) in [6.07, 6.45) is 7.30. The Hall–Kier alpha value is -4.39. The van der Waals surface area contributed by atoms with Crippen molar-refractivity contribution in [2.45, 2.75) is 25.2 Å². The van der Waals surface area contributed by atoms with Crippen LogP contribution in [0.2, 0.25) is 0 Å². The van der Waals surface area contributed by atoms with E-state index in [0.29, 0.717) is 16.7 Å². The average molecular weight is 565 g/mol. The van der Waals surface area contributed by atoms with Crippen LogP contribution in [0.25, 0.3) is 29.4 Å². The van der Waals surface area contributed by atoms with Crippen molar-refractivity contribution in [3.8, 4) is 11.5 Å². The second-order valence-electron chi connectivity index (χ2n) is 10.0. The fourth-order valence-corrected chi connectivity index (χ4v) is 5.37. The Morgan fingerprint density at radius 2 is 1.56 bits per heavy atom. The van der Waals surface area contributed by atoms with E-state index in [-0.39, 0.29) is 17.9 Å². The van der Waals surface area contributed by atoms with E-state index in [0.717, 1.165) is 32.7 Å². The van der Waals surface area contributed by atoms with Crippen molar-refractivity contribution >= 4 is 46.5 Å². The van der Waals surface area contributed by atoms with E-state index < -0.39 is 23.0 Å². The van der Waals surface area contributed by atoms with E-state index in [1.165, 1.54) is 23.8 Å². The van der Waals surface area contributed by atoms with Gasteiger partial charge in [-0.25, -0.2) is 4.39 Å². The number of aryl methyl sites for hydroxylation is 1. The van der Waals surface area contributed by atoms with Crippen molar-refractivity contribution in [1.82, 2.24) is 0 Å². The lowest BCUT2D eigenvalue weighted by Crippen LogP contribution is -2.09. The monoisotopic (exact) mass is 564 g/mol. The third-order valence-electron chi connectivity index (χ3n) is 6.99. The zero-order valence-corrected chi connectivity index (χ0v) is 23.8. The Bertz CT molecular complexity index is 1700. The zero-order chi connectivity index (χ0) is 29.1. The van der Waals surface area contributed by atoms with E-state index in [2.05, 4.69) is 0 Å². The smallest absolute Gasteiger partial charge is 0.315 e. The predicted octanol–water partition coefficient (Wildman–Crippen LogP) is 8.07. The minimum atomic E-state index is -1.07. The van der Waals surface area contributed by atoms with Gasteiger partial charge in [0.05, 0.1) is 6.42 Å². The number of ether oxygens (including phenoxy) is 1. The van der Waals surface area contributed by atoms with E-state index >= 15 is 0 Å². The summed E-state index contributed by atoms with van der Waals surface area (Å²) in [5.74, 6) is -0.717. The van der Waals surface area contributed by atoms with Crippen LogP contribution in [-0.2, 0) is 16.0 Å². The third kappa shape index (κ3) is 6.68. The number of rotatable bonds is 7. The van der Waals surface area contributed by atoms with Crippen LogP contribution in [-0.4, -0.2) is 21.9 Å². The van der Waals surface area contributed by atoms with Crippen LogP contribution in [0.3, 0.4) is 0 Å². The standard InChI is InChI=1S/C35H29FO4S/c1-22-4-6-24(7-5-22)8-9-26-16-28(37)20-29(17-26)40-35(38)21-33-23(2)32(31-15-12-27(36)19-34(31)33)18-25-10-13-30(14-11-25)41(3)39/h4-20,37H,21H2,1-3H3/b9-8+,32-18-. The lowest BCUT2D eigenvalue weighted by molar-refractivity contribution is -0.133. The summed E-state index contributed by atoms with van der Waals surface area (Å²) in [5.41, 5.74) is 7.65. The number of fused-ring (bicyclic) bond motifs is 1. The first-order valence-electron chi connectivity index (χ1n) is 13.1. The molecule has 0 fully saturated rings. The molecule has 0 amide bonds. The van der Waals surface area contributed by atoms with Gasteiger partial charge in [0, 0.05) is 6.07 Å². The summed E-state index contributed by atoms with van der Waals surface area (Å²) in [4.78, 5) is 13.8. The quantitative estimate of drug-likeness (QED) is 0.107. The number of phenols is 1. The van der Waals surface area contributed by atoms with Gasteiger partial charge in [-0.3, -0.25) is 4.79 Å². The molecule has 4 aromatic rings. The Morgan fingerprint density at radius 1 is 0.878 bits per heavy atom. The molecule has 4 nitrogen and oxygen atoms in total. The highest BCUT2D eigenvalue weighted by Crippen LogP contribution is 2.44. The summed E-state index contributed by atoms with van der Waals surface area (Å²) in [7, 11) is 0. The molecular formula is C35H29FO4S. The van der Waals surface area contributed by atoms with E-state index in [1.54, 1.807) is 24.5 Å². The molecule has 0 spiro atoms. The molecule has 1 aliphatic rings. The number of allylic oxidation sites excluding steroid dienone is 2. The minimum Gasteiger partial charge on any atom is -0.612 e. The van der Waals surface area contributed by atoms with Crippen LogP contribution < -0.4 is 4.74 Å². The summed E-state index contributed by atoms with van der Waals surface area (Å²) >= 11 is -1.07. The van der Waals surface area contributed by atoms with Gasteiger partial charge >= 0.3 is 5.97 Å². The second kappa shape index (κ2) is 12.0. The maximum absolute atomic E-state index is 14.3. The van der Waals surface area contributed by atoms with Gasteiger partial charge in [-0.1, -0.05) is 48.0 Å². The minimum absolute atomic E-state index is 0.0225. The maximum Gasteiger partial charge on any atom is 0.315 e. The van der Waals surface area contributed by atoms with Crippen molar-refractivity contribution in [2.75, 3.05) is 6.26 Å². The van der Waals surface area contributed by atoms with E-state index in [4.69, 9.17) is 4.74 Å². The first-order chi connectivity index (χ1) is 19.7. The largest absolute Gasteiger partial charge is 0.612 e. The van der Waals surface area contributed by atoms with Gasteiger partial charge in [-0.05, 0) is 124 Å². The summed E-state index contributed by atoms with van der Waals surface area (Å²) < 4.78 is 31.7. The molecule has 206 valence electrons. The number of phenolic OH excluding ortho intramolecular Hbond substituents is 1. The van der Waals surface area contributed by atoms with Crippen LogP contribution in [0.5, 0.6) is 11.5 Å². The highest BCUT2D eigenvalue weighted by atomic mass is 32.2. The van der Waals surface area contributed by atoms with E-state index in [1.807, 2.05) is 80.6 Å². The van der Waals surface area contributed by atoms with Gasteiger partial charge in [0.25, 0.3) is 0 Å². The molecule has 0 aromatic heterocycles. The lowest BCUT2D eigenvalue weighted by atomic mass is 10.0. The summed E-state index contributed by atoms with van der Waals surface area (Å²) in [6.45, 7) is 3.93. The topological polar surface area (TPSA) is 69.6 Å². The van der Waals surface area contributed by atoms with Crippen molar-refractivity contribution in [1.29, 1.82) is 0 Å². The molecule has 5 rings (SSSR count). The molecule has 1 aliphatic carbocycles. The van der Waals surface area contributed by atoms with Gasteiger partial charge in [0.15, 0.2) is 4.90 Å². The van der Waals surface area contributed by atoms with Crippen molar-refractivity contribution in [3.63, 3.8) is 0 Å². The maximum atomic E-state index is 14.3. The van der Waals surface area contributed by atoms with Crippen molar-refractivity contribution in [2.24, 2.45) is 0 Å². The highest BCUT2D eigenvalue weighted by molar-refractivity contribution is 7.90. The third-order valence-corrected chi connectivity index (χ3v) is 7.92. The first-order valence-corrected chi connectivity index (χ1v) is 14.7. The molecule has 6 heteroatoms. The molecule has 4 aromatic carbocycles. The average Bonchev–Trinajstić information content (AvgIpc) is 3.17. The van der Waals surface area contributed by atoms with Crippen LogP contribution in [0, 0.1) is 12.7 Å². The normalized spacial score (nSPS) is 14.5. The molecule has 41 heavy (non-hydrogen) atoms. The number of carbonyl (C=O) groups excluding carboxylic acids is 1. The van der Waals surface area contributed by atoms with Gasteiger partial charge in [-0.2, -0.15) is 0 Å². The fourth-order valence-electron chi connectivity index (χ4n) is 4.85. The lowest BCUT2D eigenvalue weighted by Gasteiger charge is -2.09. The summed E-state index contributed by atoms with van der Waals surface area (Å²) in [5, 5.41) is 10.2. The number of hydrogen-bond acceptors (Lipinski definition) is 4. The Morgan fingerprint density at radius 3 is 2.27 bits per heavy atom. The molecule has 0 aliphatic heterocycles. The number of halogens is 1. The predicted molar refractivity (Wildman–Crippen MR) is 164 cm³/mol. The molecule has 1 atom stereocenters. The molecule has 1 unspecified atom stereocenters. The zero-order valence-electron chi connectivity index (χ0n) is 23.0. The highest BCUT2D eigenvalue weighted by Gasteiger charge is 2.26. The molecule has 0 radical (unpaired) electrons.